The van der Waals surface area contributed by atoms with Gasteiger partial charge in [0.2, 0.25) is 0 Å². The number of imidazole rings is 1. The molecule has 2 fully saturated rings. The number of anilines is 1. The summed E-state index contributed by atoms with van der Waals surface area (Å²) >= 11 is 0. The molecule has 0 unspecified atom stereocenters. The third kappa shape index (κ3) is 5.39. The van der Waals surface area contributed by atoms with E-state index in [2.05, 4.69) is 57.0 Å². The van der Waals surface area contributed by atoms with E-state index in [-0.39, 0.29) is 35.9 Å². The number of aromatic nitrogens is 6. The first-order chi connectivity index (χ1) is 20.0. The zero-order chi connectivity index (χ0) is 29.8. The van der Waals surface area contributed by atoms with Crippen molar-refractivity contribution in [1.82, 2.24) is 34.0 Å². The van der Waals surface area contributed by atoms with Crippen molar-refractivity contribution in [3.63, 3.8) is 0 Å². The standard InChI is InChI=1S/C29H37F3N8O2/c1-17(2)25(21-8-10-22(11-9-21)42-29(30,31)32)37-13-19(4)38(14-18(37)3)26-24-27(40-16-33-36-28(40)35-26)39(20(5)34-24)15-23-7-6-12-41-23/h8-11,16-19,23,25H,6-7,12-15H2,1-5H3/t18-,19+,23+,25+/m1/s1. The van der Waals surface area contributed by atoms with Gasteiger partial charge in [-0.05, 0) is 57.2 Å². The minimum atomic E-state index is -4.72. The fraction of sp³-hybridized carbons (Fsp3) is 0.586. The number of rotatable bonds is 7. The summed E-state index contributed by atoms with van der Waals surface area (Å²) in [7, 11) is 0. The first kappa shape index (κ1) is 28.7. The molecule has 0 bridgehead atoms. The maximum absolute atomic E-state index is 12.7. The second-order valence-electron chi connectivity index (χ2n) is 11.9. The maximum atomic E-state index is 12.7. The average molecular weight is 587 g/mol. The van der Waals surface area contributed by atoms with Gasteiger partial charge in [0.05, 0.1) is 12.6 Å². The summed E-state index contributed by atoms with van der Waals surface area (Å²) in [6.07, 6.45) is -0.799. The molecule has 42 heavy (non-hydrogen) atoms. The van der Waals surface area contributed by atoms with Gasteiger partial charge >= 0.3 is 6.36 Å². The molecular weight excluding hydrogens is 549 g/mol. The minimum absolute atomic E-state index is 0.0179. The molecule has 5 heterocycles. The van der Waals surface area contributed by atoms with Crippen LogP contribution in [-0.2, 0) is 11.3 Å². The number of halogens is 3. The monoisotopic (exact) mass is 586 g/mol. The molecule has 10 nitrogen and oxygen atoms in total. The average Bonchev–Trinajstić information content (AvgIpc) is 3.67. The second-order valence-corrected chi connectivity index (χ2v) is 11.9. The van der Waals surface area contributed by atoms with Crippen molar-refractivity contribution in [1.29, 1.82) is 0 Å². The molecule has 2 aliphatic rings. The van der Waals surface area contributed by atoms with Crippen LogP contribution in [0.2, 0.25) is 0 Å². The summed E-state index contributed by atoms with van der Waals surface area (Å²) in [5.74, 6) is 2.21. The number of hydrogen-bond acceptors (Lipinski definition) is 8. The highest BCUT2D eigenvalue weighted by molar-refractivity contribution is 5.87. The zero-order valence-corrected chi connectivity index (χ0v) is 24.5. The van der Waals surface area contributed by atoms with Gasteiger partial charge in [-0.1, -0.05) is 26.0 Å². The Hall–Kier alpha value is -3.45. The zero-order valence-electron chi connectivity index (χ0n) is 24.5. The van der Waals surface area contributed by atoms with E-state index < -0.39 is 6.36 Å². The van der Waals surface area contributed by atoms with Gasteiger partial charge in [0.25, 0.3) is 5.78 Å². The normalized spacial score (nSPS) is 23.0. The van der Waals surface area contributed by atoms with Crippen LogP contribution >= 0.6 is 0 Å². The fourth-order valence-corrected chi connectivity index (χ4v) is 6.62. The van der Waals surface area contributed by atoms with E-state index >= 15 is 0 Å². The number of nitrogens with zero attached hydrogens (tertiary/aromatic N) is 8. The van der Waals surface area contributed by atoms with Gasteiger partial charge < -0.3 is 18.9 Å². The van der Waals surface area contributed by atoms with Crippen LogP contribution in [0.5, 0.6) is 5.75 Å². The molecule has 0 radical (unpaired) electrons. The quantitative estimate of drug-likeness (QED) is 0.294. The summed E-state index contributed by atoms with van der Waals surface area (Å²) in [6, 6.07) is 6.50. The highest BCUT2D eigenvalue weighted by atomic mass is 19.4. The van der Waals surface area contributed by atoms with Gasteiger partial charge in [-0.25, -0.2) is 9.38 Å². The molecule has 6 rings (SSSR count). The molecule has 2 saturated heterocycles. The lowest BCUT2D eigenvalue weighted by atomic mass is 9.91. The van der Waals surface area contributed by atoms with E-state index in [0.29, 0.717) is 18.9 Å². The largest absolute Gasteiger partial charge is 0.573 e. The third-order valence-electron chi connectivity index (χ3n) is 8.47. The first-order valence-electron chi connectivity index (χ1n) is 14.6. The van der Waals surface area contributed by atoms with Gasteiger partial charge in [-0.15, -0.1) is 23.4 Å². The lowest BCUT2D eigenvalue weighted by Crippen LogP contribution is -2.58. The predicted molar refractivity (Wildman–Crippen MR) is 151 cm³/mol. The summed E-state index contributed by atoms with van der Waals surface area (Å²) in [5.41, 5.74) is 2.68. The molecule has 0 N–H and O–H groups in total. The summed E-state index contributed by atoms with van der Waals surface area (Å²) in [4.78, 5) is 14.7. The lowest BCUT2D eigenvalue weighted by Gasteiger charge is -2.49. The van der Waals surface area contributed by atoms with E-state index in [1.807, 2.05) is 11.3 Å². The Balaban J connectivity index is 1.31. The fourth-order valence-electron chi connectivity index (χ4n) is 6.62. The van der Waals surface area contributed by atoms with Crippen LogP contribution in [0, 0.1) is 12.8 Å². The molecule has 1 aromatic carbocycles. The maximum Gasteiger partial charge on any atom is 0.573 e. The summed E-state index contributed by atoms with van der Waals surface area (Å²) in [5, 5.41) is 8.45. The Kier molecular flexibility index (Phi) is 7.50. The van der Waals surface area contributed by atoms with Crippen LogP contribution in [0.15, 0.2) is 30.6 Å². The molecule has 0 saturated carbocycles. The summed E-state index contributed by atoms with van der Waals surface area (Å²) in [6.45, 7) is 13.6. The van der Waals surface area contributed by atoms with Crippen molar-refractivity contribution in [2.75, 3.05) is 24.6 Å². The van der Waals surface area contributed by atoms with Crippen molar-refractivity contribution in [3.8, 4) is 5.75 Å². The molecule has 13 heteroatoms. The number of fused-ring (bicyclic) bond motifs is 3. The first-order valence-corrected chi connectivity index (χ1v) is 14.6. The van der Waals surface area contributed by atoms with Gasteiger partial charge in [0.1, 0.15) is 23.4 Å². The van der Waals surface area contributed by atoms with Crippen LogP contribution in [0.4, 0.5) is 19.0 Å². The Morgan fingerprint density at radius 3 is 2.50 bits per heavy atom. The number of hydrogen-bond donors (Lipinski definition) is 0. The molecule has 4 aromatic rings. The van der Waals surface area contributed by atoms with Gasteiger partial charge in [-0.3, -0.25) is 4.90 Å². The highest BCUT2D eigenvalue weighted by Crippen LogP contribution is 2.37. The van der Waals surface area contributed by atoms with Crippen LogP contribution in [0.1, 0.15) is 58.0 Å². The van der Waals surface area contributed by atoms with E-state index in [9.17, 15) is 13.2 Å². The van der Waals surface area contributed by atoms with Crippen molar-refractivity contribution in [2.24, 2.45) is 5.92 Å². The minimum Gasteiger partial charge on any atom is -0.406 e. The van der Waals surface area contributed by atoms with Crippen LogP contribution in [0.3, 0.4) is 0 Å². The van der Waals surface area contributed by atoms with E-state index in [4.69, 9.17) is 14.7 Å². The molecule has 226 valence electrons. The molecule has 2 aliphatic heterocycles. The van der Waals surface area contributed by atoms with Gasteiger partial charge in [-0.2, -0.15) is 4.98 Å². The number of piperazine rings is 1. The number of alkyl halides is 3. The molecule has 0 aliphatic carbocycles. The van der Waals surface area contributed by atoms with E-state index in [1.54, 1.807) is 18.5 Å². The number of aryl methyl sites for hydroxylation is 1. The molecule has 0 amide bonds. The van der Waals surface area contributed by atoms with Crippen molar-refractivity contribution >= 4 is 22.8 Å². The number of ether oxygens (including phenoxy) is 2. The molecular formula is C29H37F3N8O2. The molecule has 3 aromatic heterocycles. The Morgan fingerprint density at radius 1 is 1.07 bits per heavy atom. The Bertz CT molecular complexity index is 1540. The van der Waals surface area contributed by atoms with Crippen LogP contribution in [-0.4, -0.2) is 78.3 Å². The molecule has 4 atom stereocenters. The van der Waals surface area contributed by atoms with Crippen LogP contribution < -0.4 is 9.64 Å². The van der Waals surface area contributed by atoms with Crippen molar-refractivity contribution in [3.05, 3.63) is 42.0 Å². The topological polar surface area (TPSA) is 85.8 Å². The SMILES string of the molecule is Cc1nc2c(N3C[C@@H](C)N([C@H](c4ccc(OC(F)(F)F)cc4)C(C)C)C[C@@H]3C)nc3nncn3c2n1C[C@@H]1CCCO1. The predicted octanol–water partition coefficient (Wildman–Crippen LogP) is 5.16. The highest BCUT2D eigenvalue weighted by Gasteiger charge is 2.38. The summed E-state index contributed by atoms with van der Waals surface area (Å²) < 4.78 is 52.3. The lowest BCUT2D eigenvalue weighted by molar-refractivity contribution is -0.274. The third-order valence-corrected chi connectivity index (χ3v) is 8.47. The van der Waals surface area contributed by atoms with Crippen LogP contribution in [0.25, 0.3) is 16.9 Å². The number of benzene rings is 1. The van der Waals surface area contributed by atoms with E-state index in [1.165, 1.54) is 12.1 Å². The van der Waals surface area contributed by atoms with Gasteiger partial charge in [0.15, 0.2) is 11.5 Å². The Labute approximate surface area is 242 Å². The van der Waals surface area contributed by atoms with Crippen molar-refractivity contribution < 1.29 is 22.6 Å². The van der Waals surface area contributed by atoms with E-state index in [0.717, 1.165) is 54.4 Å². The van der Waals surface area contributed by atoms with Gasteiger partial charge in [0, 0.05) is 37.8 Å². The second kappa shape index (κ2) is 11.0. The Morgan fingerprint density at radius 2 is 1.83 bits per heavy atom. The van der Waals surface area contributed by atoms with Crippen molar-refractivity contribution in [2.45, 2.75) is 84.6 Å². The smallest absolute Gasteiger partial charge is 0.406 e. The molecule has 0 spiro atoms.